The zero-order valence-electron chi connectivity index (χ0n) is 29.9. The summed E-state index contributed by atoms with van der Waals surface area (Å²) in [5.41, 5.74) is 2.80. The van der Waals surface area contributed by atoms with Crippen LogP contribution < -0.4 is 20.1 Å². The maximum atomic E-state index is 15.0. The van der Waals surface area contributed by atoms with Crippen LogP contribution in [-0.4, -0.2) is 64.8 Å². The van der Waals surface area contributed by atoms with Gasteiger partial charge in [0.25, 0.3) is 0 Å². The molecule has 5 rings (SSSR count). The van der Waals surface area contributed by atoms with E-state index in [0.29, 0.717) is 11.4 Å². The Hall–Kier alpha value is -5.07. The molecule has 2 amide bonds. The maximum Gasteiger partial charge on any atom is 0.407 e. The van der Waals surface area contributed by atoms with Gasteiger partial charge in [-0.3, -0.25) is 4.79 Å². The topological polar surface area (TPSA) is 139 Å². The summed E-state index contributed by atoms with van der Waals surface area (Å²) in [7, 11) is 1.54. The molecule has 0 unspecified atom stereocenters. The van der Waals surface area contributed by atoms with E-state index in [0.717, 1.165) is 16.7 Å². The zero-order chi connectivity index (χ0) is 37.6. The number of rotatable bonds is 12. The number of carbonyl (C=O) groups is 2. The first-order chi connectivity index (χ1) is 24.7. The number of hydrogen-bond acceptors (Lipinski definition) is 8. The molecule has 0 saturated carbocycles. The summed E-state index contributed by atoms with van der Waals surface area (Å²) >= 11 is 0. The van der Waals surface area contributed by atoms with E-state index in [2.05, 4.69) is 15.6 Å². The summed E-state index contributed by atoms with van der Waals surface area (Å²) in [5.74, 6) is -2.36. The quantitative estimate of drug-likeness (QED) is 0.140. The highest BCUT2D eigenvalue weighted by atomic mass is 19.1. The summed E-state index contributed by atoms with van der Waals surface area (Å²) in [5, 5.41) is 28.2. The lowest BCUT2D eigenvalue weighted by molar-refractivity contribution is -0.128. The third-order valence-electron chi connectivity index (χ3n) is 8.81. The van der Waals surface area contributed by atoms with Crippen LogP contribution in [0.1, 0.15) is 55.5 Å². The highest BCUT2D eigenvalue weighted by molar-refractivity contribution is 5.80. The molecule has 5 atom stereocenters. The Morgan fingerprint density at radius 2 is 1.71 bits per heavy atom. The van der Waals surface area contributed by atoms with Crippen molar-refractivity contribution in [1.29, 1.82) is 0 Å². The number of ether oxygens (including phenoxy) is 3. The van der Waals surface area contributed by atoms with Gasteiger partial charge < -0.3 is 35.1 Å². The normalized spacial score (nSPS) is 17.2. The number of benzene rings is 3. The van der Waals surface area contributed by atoms with Crippen molar-refractivity contribution >= 4 is 12.0 Å². The SMILES string of the molecule is COc1ccc(-c2ccc(C[C@H](NC(=O)OC(C)(C)C)[C@@H](O)C[C@@H](Cc3ccccc3F)C(=O)N[C@H]3c4cc(C)cc(F)c4OC[C@H]3O)cc2)cn1. The number of hydrogen-bond donors (Lipinski definition) is 4. The molecule has 1 aliphatic rings. The summed E-state index contributed by atoms with van der Waals surface area (Å²) in [6, 6.07) is 18.2. The van der Waals surface area contributed by atoms with E-state index in [-0.39, 0.29) is 42.7 Å². The molecule has 52 heavy (non-hydrogen) atoms. The Morgan fingerprint density at radius 1 is 1.00 bits per heavy atom. The second kappa shape index (κ2) is 16.5. The Morgan fingerprint density at radius 3 is 2.37 bits per heavy atom. The van der Waals surface area contributed by atoms with Crippen molar-refractivity contribution in [3.05, 3.63) is 113 Å². The van der Waals surface area contributed by atoms with Gasteiger partial charge >= 0.3 is 6.09 Å². The first kappa shape index (κ1) is 38.2. The largest absolute Gasteiger partial charge is 0.487 e. The summed E-state index contributed by atoms with van der Waals surface area (Å²) in [6.07, 6.45) is -1.71. The number of halogens is 2. The van der Waals surface area contributed by atoms with E-state index in [1.165, 1.54) is 18.2 Å². The number of alkyl carbamates (subject to hydrolysis) is 1. The Balaban J connectivity index is 1.41. The van der Waals surface area contributed by atoms with Crippen molar-refractivity contribution in [2.24, 2.45) is 5.92 Å². The number of amides is 2. The van der Waals surface area contributed by atoms with Crippen molar-refractivity contribution in [3.63, 3.8) is 0 Å². The highest BCUT2D eigenvalue weighted by Crippen LogP contribution is 2.36. The van der Waals surface area contributed by atoms with E-state index in [1.54, 1.807) is 65.3 Å². The van der Waals surface area contributed by atoms with Crippen LogP contribution in [0.4, 0.5) is 13.6 Å². The molecular formula is C40H45F2N3O7. The first-order valence-corrected chi connectivity index (χ1v) is 17.1. The molecular weight excluding hydrogens is 672 g/mol. The number of aryl methyl sites for hydroxylation is 1. The molecule has 0 fully saturated rings. The fourth-order valence-corrected chi connectivity index (χ4v) is 6.23. The Kier molecular flexibility index (Phi) is 12.1. The predicted molar refractivity (Wildman–Crippen MR) is 191 cm³/mol. The number of nitrogens with one attached hydrogen (secondary N) is 2. The van der Waals surface area contributed by atoms with Crippen molar-refractivity contribution in [3.8, 4) is 22.8 Å². The van der Waals surface area contributed by atoms with Gasteiger partial charge in [0.15, 0.2) is 11.6 Å². The van der Waals surface area contributed by atoms with Crippen LogP contribution >= 0.6 is 0 Å². The van der Waals surface area contributed by atoms with E-state index in [4.69, 9.17) is 14.2 Å². The van der Waals surface area contributed by atoms with Gasteiger partial charge in [0.1, 0.15) is 24.1 Å². The number of nitrogens with zero attached hydrogens (tertiary/aromatic N) is 1. The molecule has 3 aromatic carbocycles. The number of carbonyl (C=O) groups excluding carboxylic acids is 2. The average Bonchev–Trinajstić information content (AvgIpc) is 3.09. The molecule has 276 valence electrons. The summed E-state index contributed by atoms with van der Waals surface area (Å²) in [4.78, 5) is 31.4. The second-order valence-electron chi connectivity index (χ2n) is 14.1. The van der Waals surface area contributed by atoms with Gasteiger partial charge in [-0.15, -0.1) is 0 Å². The lowest BCUT2D eigenvalue weighted by atomic mass is 9.87. The van der Waals surface area contributed by atoms with Crippen LogP contribution in [0.2, 0.25) is 0 Å². The molecule has 0 radical (unpaired) electrons. The lowest BCUT2D eigenvalue weighted by Gasteiger charge is -2.33. The second-order valence-corrected chi connectivity index (χ2v) is 14.1. The molecule has 0 spiro atoms. The molecule has 12 heteroatoms. The zero-order valence-corrected chi connectivity index (χ0v) is 29.9. The molecule has 0 bridgehead atoms. The van der Waals surface area contributed by atoms with E-state index < -0.39 is 59.4 Å². The van der Waals surface area contributed by atoms with Crippen molar-refractivity contribution < 1.29 is 42.8 Å². The minimum Gasteiger partial charge on any atom is -0.487 e. The summed E-state index contributed by atoms with van der Waals surface area (Å²) < 4.78 is 45.8. The van der Waals surface area contributed by atoms with Crippen LogP contribution in [0.15, 0.2) is 79.0 Å². The standard InChI is InChI=1S/C40H45F2N3O7/c1-23-16-29-36(34(47)22-51-37(29)31(42)17-23)45-38(48)28(19-26-8-6-7-9-30(26)41)20-33(46)32(44-39(49)52-40(2,3)4)18-24-10-12-25(13-11-24)27-14-15-35(50-5)43-21-27/h6-17,21,28,32-34,36,46-47H,18-20,22H2,1-5H3,(H,44,49)(H,45,48)/t28-,32+,33+,34-,36+/m1/s1. The minimum atomic E-state index is -1.31. The molecule has 2 heterocycles. The molecule has 1 aliphatic heterocycles. The van der Waals surface area contributed by atoms with Crippen molar-refractivity contribution in [2.45, 2.75) is 76.9 Å². The first-order valence-electron chi connectivity index (χ1n) is 17.1. The number of aromatic nitrogens is 1. The monoisotopic (exact) mass is 717 g/mol. The molecule has 10 nitrogen and oxygen atoms in total. The third-order valence-corrected chi connectivity index (χ3v) is 8.81. The Labute approximate surface area is 302 Å². The maximum absolute atomic E-state index is 15.0. The van der Waals surface area contributed by atoms with Gasteiger partial charge in [-0.2, -0.15) is 0 Å². The molecule has 1 aromatic heterocycles. The van der Waals surface area contributed by atoms with Crippen molar-refractivity contribution in [2.75, 3.05) is 13.7 Å². The van der Waals surface area contributed by atoms with Gasteiger partial charge in [0.05, 0.1) is 25.3 Å². The fraction of sp³-hybridized carbons (Fsp3) is 0.375. The third kappa shape index (κ3) is 9.83. The van der Waals surface area contributed by atoms with Gasteiger partial charge in [-0.05, 0) is 93.5 Å². The van der Waals surface area contributed by atoms with Gasteiger partial charge in [0, 0.05) is 29.3 Å². The van der Waals surface area contributed by atoms with Gasteiger partial charge in [0.2, 0.25) is 11.8 Å². The number of aliphatic hydroxyl groups excluding tert-OH is 2. The van der Waals surface area contributed by atoms with Gasteiger partial charge in [-0.25, -0.2) is 18.6 Å². The summed E-state index contributed by atoms with van der Waals surface area (Å²) in [6.45, 7) is 6.58. The number of methoxy groups -OCH3 is 1. The van der Waals surface area contributed by atoms with E-state index in [9.17, 15) is 28.6 Å². The molecule has 0 aliphatic carbocycles. The molecule has 4 N–H and O–H groups in total. The van der Waals surface area contributed by atoms with Crippen LogP contribution in [0.3, 0.4) is 0 Å². The fourth-order valence-electron chi connectivity index (χ4n) is 6.23. The molecule has 0 saturated heterocycles. The van der Waals surface area contributed by atoms with E-state index in [1.807, 2.05) is 30.3 Å². The number of pyridine rings is 1. The number of fused-ring (bicyclic) bond motifs is 1. The van der Waals surface area contributed by atoms with Crippen LogP contribution in [-0.2, 0) is 22.4 Å². The van der Waals surface area contributed by atoms with Crippen LogP contribution in [0.25, 0.3) is 11.1 Å². The minimum absolute atomic E-state index is 0.0669. The van der Waals surface area contributed by atoms with Gasteiger partial charge in [-0.1, -0.05) is 42.5 Å². The Bertz CT molecular complexity index is 1850. The van der Waals surface area contributed by atoms with Crippen molar-refractivity contribution in [1.82, 2.24) is 15.6 Å². The predicted octanol–water partition coefficient (Wildman–Crippen LogP) is 6.00. The lowest BCUT2D eigenvalue weighted by Crippen LogP contribution is -2.49. The highest BCUT2D eigenvalue weighted by Gasteiger charge is 2.36. The number of aliphatic hydroxyl groups is 2. The van der Waals surface area contributed by atoms with Crippen LogP contribution in [0.5, 0.6) is 11.6 Å². The molecule has 4 aromatic rings. The smallest absolute Gasteiger partial charge is 0.407 e. The average molecular weight is 718 g/mol. The van der Waals surface area contributed by atoms with E-state index >= 15 is 0 Å². The van der Waals surface area contributed by atoms with Crippen LogP contribution in [0, 0.1) is 24.5 Å².